The second kappa shape index (κ2) is 10.8. The van der Waals surface area contributed by atoms with Gasteiger partial charge in [0.25, 0.3) is 5.91 Å². The third kappa shape index (κ3) is 5.95. The first-order chi connectivity index (χ1) is 15.0. The molecule has 1 N–H and O–H groups in total. The van der Waals surface area contributed by atoms with Gasteiger partial charge in [0.2, 0.25) is 0 Å². The van der Waals surface area contributed by atoms with Gasteiger partial charge < -0.3 is 15.0 Å². The number of anilines is 2. The smallest absolute Gasteiger partial charge is 0.255 e. The van der Waals surface area contributed by atoms with Gasteiger partial charge in [0.1, 0.15) is 11.6 Å². The first kappa shape index (κ1) is 22.6. The minimum Gasteiger partial charge on any atom is -0.496 e. The Morgan fingerprint density at radius 2 is 1.81 bits per heavy atom. The number of amides is 1. The van der Waals surface area contributed by atoms with Crippen LogP contribution in [0.1, 0.15) is 35.6 Å². The number of aromatic nitrogens is 2. The Morgan fingerprint density at radius 3 is 2.45 bits per heavy atom. The molecule has 0 aliphatic rings. The molecule has 7 heteroatoms. The molecule has 0 radical (unpaired) electrons. The van der Waals surface area contributed by atoms with Crippen molar-refractivity contribution in [3.05, 3.63) is 76.8 Å². The van der Waals surface area contributed by atoms with Crippen molar-refractivity contribution in [3.8, 4) is 5.75 Å². The van der Waals surface area contributed by atoms with Crippen LogP contribution in [-0.4, -0.2) is 36.1 Å². The Balaban J connectivity index is 1.62. The van der Waals surface area contributed by atoms with Gasteiger partial charge in [-0.05, 0) is 50.1 Å². The van der Waals surface area contributed by atoms with E-state index in [-0.39, 0.29) is 5.91 Å². The molecule has 0 saturated heterocycles. The Labute approximate surface area is 188 Å². The number of nitrogens with zero attached hydrogens (tertiary/aromatic N) is 3. The Hall–Kier alpha value is -3.12. The van der Waals surface area contributed by atoms with E-state index in [1.165, 1.54) is 0 Å². The number of aryl methyl sites for hydroxylation is 2. The molecule has 3 aromatic rings. The highest BCUT2D eigenvalue weighted by Gasteiger charge is 2.10. The van der Waals surface area contributed by atoms with E-state index >= 15 is 0 Å². The van der Waals surface area contributed by atoms with Gasteiger partial charge >= 0.3 is 0 Å². The van der Waals surface area contributed by atoms with Gasteiger partial charge in [-0.15, -0.1) is 0 Å². The maximum Gasteiger partial charge on any atom is 0.255 e. The monoisotopic (exact) mass is 438 g/mol. The standard InChI is InChI=1S/C24H27ClN4O2/c1-4-29(5-2)21-11-9-17(22(14-21)31-3)10-12-23-26-15-20(16-27-23)28-24(30)18-7-6-8-19(25)13-18/h6-9,11,13-16H,4-5,10,12H2,1-3H3,(H,28,30). The van der Waals surface area contributed by atoms with Gasteiger partial charge in [0.15, 0.2) is 0 Å². The number of carbonyl (C=O) groups excluding carboxylic acids is 1. The lowest BCUT2D eigenvalue weighted by Crippen LogP contribution is -2.21. The molecule has 0 unspecified atom stereocenters. The molecule has 0 fully saturated rings. The molecule has 0 atom stereocenters. The van der Waals surface area contributed by atoms with E-state index < -0.39 is 0 Å². The zero-order valence-electron chi connectivity index (χ0n) is 18.1. The van der Waals surface area contributed by atoms with Crippen molar-refractivity contribution in [1.82, 2.24) is 9.97 Å². The van der Waals surface area contributed by atoms with Crippen molar-refractivity contribution in [2.45, 2.75) is 26.7 Å². The molecule has 31 heavy (non-hydrogen) atoms. The van der Waals surface area contributed by atoms with Crippen LogP contribution in [0.15, 0.2) is 54.9 Å². The lowest BCUT2D eigenvalue weighted by molar-refractivity contribution is 0.102. The third-order valence-electron chi connectivity index (χ3n) is 5.07. The molecule has 3 rings (SSSR count). The summed E-state index contributed by atoms with van der Waals surface area (Å²) < 4.78 is 5.60. The maximum atomic E-state index is 12.3. The zero-order chi connectivity index (χ0) is 22.2. The highest BCUT2D eigenvalue weighted by molar-refractivity contribution is 6.31. The van der Waals surface area contributed by atoms with Crippen LogP contribution < -0.4 is 15.0 Å². The lowest BCUT2D eigenvalue weighted by Gasteiger charge is -2.22. The van der Waals surface area contributed by atoms with E-state index in [4.69, 9.17) is 16.3 Å². The number of hydrogen-bond acceptors (Lipinski definition) is 5. The first-order valence-corrected chi connectivity index (χ1v) is 10.7. The summed E-state index contributed by atoms with van der Waals surface area (Å²) >= 11 is 5.94. The van der Waals surface area contributed by atoms with Crippen LogP contribution in [0.5, 0.6) is 5.75 Å². The molecular formula is C24H27ClN4O2. The highest BCUT2D eigenvalue weighted by atomic mass is 35.5. The molecule has 1 heterocycles. The van der Waals surface area contributed by atoms with Crippen molar-refractivity contribution in [3.63, 3.8) is 0 Å². The summed E-state index contributed by atoms with van der Waals surface area (Å²) in [5, 5.41) is 3.30. The SMILES string of the molecule is CCN(CC)c1ccc(CCc2ncc(NC(=O)c3cccc(Cl)c3)cn2)c(OC)c1. The van der Waals surface area contributed by atoms with E-state index in [0.29, 0.717) is 28.5 Å². The minimum absolute atomic E-state index is 0.253. The Kier molecular flexibility index (Phi) is 7.84. The lowest BCUT2D eigenvalue weighted by atomic mass is 10.1. The topological polar surface area (TPSA) is 67.4 Å². The van der Waals surface area contributed by atoms with Crippen molar-refractivity contribution < 1.29 is 9.53 Å². The van der Waals surface area contributed by atoms with Gasteiger partial charge in [-0.2, -0.15) is 0 Å². The summed E-state index contributed by atoms with van der Waals surface area (Å²) in [6.07, 6.45) is 4.66. The summed E-state index contributed by atoms with van der Waals surface area (Å²) in [6, 6.07) is 13.1. The molecule has 162 valence electrons. The van der Waals surface area contributed by atoms with Gasteiger partial charge in [-0.1, -0.05) is 23.7 Å². The van der Waals surface area contributed by atoms with Crippen molar-refractivity contribution in [2.24, 2.45) is 0 Å². The molecular weight excluding hydrogens is 412 g/mol. The van der Waals surface area contributed by atoms with Crippen molar-refractivity contribution in [1.29, 1.82) is 0 Å². The average molecular weight is 439 g/mol. The highest BCUT2D eigenvalue weighted by Crippen LogP contribution is 2.26. The van der Waals surface area contributed by atoms with Crippen LogP contribution >= 0.6 is 11.6 Å². The van der Waals surface area contributed by atoms with E-state index in [1.807, 2.05) is 0 Å². The Morgan fingerprint density at radius 1 is 1.06 bits per heavy atom. The second-order valence-electron chi connectivity index (χ2n) is 7.02. The number of nitrogens with one attached hydrogen (secondary N) is 1. The summed E-state index contributed by atoms with van der Waals surface area (Å²) in [5.74, 6) is 1.32. The van der Waals surface area contributed by atoms with Gasteiger partial charge in [-0.3, -0.25) is 4.79 Å². The predicted molar refractivity (Wildman–Crippen MR) is 125 cm³/mol. The first-order valence-electron chi connectivity index (χ1n) is 10.3. The second-order valence-corrected chi connectivity index (χ2v) is 7.46. The number of rotatable bonds is 9. The molecule has 1 aromatic heterocycles. The van der Waals surface area contributed by atoms with Gasteiger partial charge in [0.05, 0.1) is 25.2 Å². The maximum absolute atomic E-state index is 12.3. The largest absolute Gasteiger partial charge is 0.496 e. The molecule has 0 spiro atoms. The zero-order valence-corrected chi connectivity index (χ0v) is 18.8. The number of methoxy groups -OCH3 is 1. The van der Waals surface area contributed by atoms with Crippen LogP contribution in [-0.2, 0) is 12.8 Å². The normalized spacial score (nSPS) is 10.6. The van der Waals surface area contributed by atoms with E-state index in [2.05, 4.69) is 52.2 Å². The van der Waals surface area contributed by atoms with Crippen LogP contribution in [0.3, 0.4) is 0 Å². The molecule has 0 aliphatic heterocycles. The molecule has 6 nitrogen and oxygen atoms in total. The molecule has 2 aromatic carbocycles. The van der Waals surface area contributed by atoms with Crippen LogP contribution in [0.25, 0.3) is 0 Å². The van der Waals surface area contributed by atoms with Gasteiger partial charge in [0, 0.05) is 41.9 Å². The van der Waals surface area contributed by atoms with Crippen LogP contribution in [0, 0.1) is 0 Å². The molecule has 1 amide bonds. The van der Waals surface area contributed by atoms with E-state index in [1.54, 1.807) is 43.8 Å². The fraction of sp³-hybridized carbons (Fsp3) is 0.292. The van der Waals surface area contributed by atoms with E-state index in [0.717, 1.165) is 36.5 Å². The van der Waals surface area contributed by atoms with Crippen molar-refractivity contribution in [2.75, 3.05) is 30.4 Å². The molecule has 0 bridgehead atoms. The van der Waals surface area contributed by atoms with Crippen LogP contribution in [0.4, 0.5) is 11.4 Å². The number of carbonyl (C=O) groups is 1. The number of halogens is 1. The fourth-order valence-electron chi connectivity index (χ4n) is 3.35. The molecule has 0 saturated carbocycles. The van der Waals surface area contributed by atoms with Crippen LogP contribution in [0.2, 0.25) is 5.02 Å². The number of ether oxygens (including phenoxy) is 1. The average Bonchev–Trinajstić information content (AvgIpc) is 2.79. The van der Waals surface area contributed by atoms with Gasteiger partial charge in [-0.25, -0.2) is 9.97 Å². The predicted octanol–water partition coefficient (Wildman–Crippen LogP) is 5.02. The fourth-order valence-corrected chi connectivity index (χ4v) is 3.54. The number of hydrogen-bond donors (Lipinski definition) is 1. The quantitative estimate of drug-likeness (QED) is 0.508. The minimum atomic E-state index is -0.253. The summed E-state index contributed by atoms with van der Waals surface area (Å²) in [6.45, 7) is 6.19. The van der Waals surface area contributed by atoms with E-state index in [9.17, 15) is 4.79 Å². The summed E-state index contributed by atoms with van der Waals surface area (Å²) in [5.41, 5.74) is 3.29. The van der Waals surface area contributed by atoms with Crippen molar-refractivity contribution >= 4 is 28.9 Å². The number of benzene rings is 2. The third-order valence-corrected chi connectivity index (χ3v) is 5.30. The summed E-state index contributed by atoms with van der Waals surface area (Å²) in [7, 11) is 1.69. The molecule has 0 aliphatic carbocycles. The Bertz CT molecular complexity index is 1020. The summed E-state index contributed by atoms with van der Waals surface area (Å²) in [4.78, 5) is 23.4.